The molecule has 0 saturated carbocycles. The van der Waals surface area contributed by atoms with Crippen molar-refractivity contribution in [1.82, 2.24) is 4.90 Å². The predicted molar refractivity (Wildman–Crippen MR) is 86.1 cm³/mol. The molecule has 116 valence electrons. The lowest BCUT2D eigenvalue weighted by Crippen LogP contribution is -2.33. The average molecular weight is 356 g/mol. The number of nitrogens with zero attached hydrogens (tertiary/aromatic N) is 1. The Morgan fingerprint density at radius 3 is 2.43 bits per heavy atom. The molecule has 4 nitrogen and oxygen atoms in total. The molecule has 1 amide bonds. The summed E-state index contributed by atoms with van der Waals surface area (Å²) in [5.41, 5.74) is 1.13. The van der Waals surface area contributed by atoms with Crippen molar-refractivity contribution in [3.8, 4) is 0 Å². The fourth-order valence-electron chi connectivity index (χ4n) is 2.09. The van der Waals surface area contributed by atoms with Gasteiger partial charge in [-0.3, -0.25) is 9.59 Å². The van der Waals surface area contributed by atoms with E-state index >= 15 is 0 Å². The van der Waals surface area contributed by atoms with Crippen molar-refractivity contribution in [3.05, 3.63) is 34.3 Å². The number of esters is 1. The molecule has 21 heavy (non-hydrogen) atoms. The van der Waals surface area contributed by atoms with Gasteiger partial charge < -0.3 is 9.64 Å². The van der Waals surface area contributed by atoms with E-state index in [4.69, 9.17) is 0 Å². The molecule has 1 aromatic rings. The Hall–Kier alpha value is -1.36. The maximum Gasteiger partial charge on any atom is 0.307 e. The van der Waals surface area contributed by atoms with Crippen LogP contribution < -0.4 is 0 Å². The Balaban J connectivity index is 2.56. The topological polar surface area (TPSA) is 46.6 Å². The van der Waals surface area contributed by atoms with Crippen molar-refractivity contribution < 1.29 is 14.3 Å². The lowest BCUT2D eigenvalue weighted by molar-refractivity contribution is -0.141. The van der Waals surface area contributed by atoms with Crippen LogP contribution in [0.3, 0.4) is 0 Å². The second kappa shape index (κ2) is 8.82. The summed E-state index contributed by atoms with van der Waals surface area (Å²) in [4.78, 5) is 25.2. The van der Waals surface area contributed by atoms with Crippen LogP contribution in [0.4, 0.5) is 0 Å². The minimum atomic E-state index is -0.290. The van der Waals surface area contributed by atoms with Gasteiger partial charge in [0.1, 0.15) is 0 Å². The van der Waals surface area contributed by atoms with E-state index in [-0.39, 0.29) is 24.2 Å². The lowest BCUT2D eigenvalue weighted by atomic mass is 9.97. The summed E-state index contributed by atoms with van der Waals surface area (Å²) in [5, 5.41) is 0. The van der Waals surface area contributed by atoms with Gasteiger partial charge in [0.25, 0.3) is 0 Å². The van der Waals surface area contributed by atoms with Gasteiger partial charge in [-0.25, -0.2) is 0 Å². The fourth-order valence-corrected chi connectivity index (χ4v) is 2.35. The Bertz CT molecular complexity index is 473. The summed E-state index contributed by atoms with van der Waals surface area (Å²) >= 11 is 3.40. The molecule has 0 aliphatic rings. The third-order valence-corrected chi connectivity index (χ3v) is 4.00. The van der Waals surface area contributed by atoms with Crippen molar-refractivity contribution >= 4 is 27.8 Å². The monoisotopic (exact) mass is 355 g/mol. The summed E-state index contributed by atoms with van der Waals surface area (Å²) in [5.74, 6) is -0.0724. The second-order valence-corrected chi connectivity index (χ2v) is 5.87. The number of hydrogen-bond acceptors (Lipinski definition) is 3. The van der Waals surface area contributed by atoms with E-state index in [0.29, 0.717) is 19.5 Å². The van der Waals surface area contributed by atoms with Gasteiger partial charge in [0.05, 0.1) is 13.5 Å². The maximum atomic E-state index is 12.3. The van der Waals surface area contributed by atoms with Crippen molar-refractivity contribution in [1.29, 1.82) is 0 Å². The van der Waals surface area contributed by atoms with Crippen LogP contribution in [0.15, 0.2) is 28.7 Å². The van der Waals surface area contributed by atoms with Crippen LogP contribution >= 0.6 is 15.9 Å². The van der Waals surface area contributed by atoms with Crippen LogP contribution in [0.5, 0.6) is 0 Å². The van der Waals surface area contributed by atoms with E-state index < -0.39 is 0 Å². The first-order chi connectivity index (χ1) is 9.97. The standard InChI is InChI=1S/C16H22BrNO3/c1-4-18(10-9-16(20)21-3)15(19)11-12(2)13-5-7-14(17)8-6-13/h5-8,12H,4,9-11H2,1-3H3. The molecule has 0 bridgehead atoms. The molecule has 0 radical (unpaired) electrons. The predicted octanol–water partition coefficient (Wildman–Crippen LogP) is 3.35. The Labute approximate surface area is 134 Å². The largest absolute Gasteiger partial charge is 0.469 e. The number of methoxy groups -OCH3 is 1. The van der Waals surface area contributed by atoms with Crippen LogP contribution in [0, 0.1) is 0 Å². The minimum Gasteiger partial charge on any atom is -0.469 e. The van der Waals surface area contributed by atoms with E-state index in [9.17, 15) is 9.59 Å². The van der Waals surface area contributed by atoms with Crippen LogP contribution in [0.25, 0.3) is 0 Å². The summed E-state index contributed by atoms with van der Waals surface area (Å²) in [7, 11) is 1.36. The van der Waals surface area contributed by atoms with Gasteiger partial charge in [-0.2, -0.15) is 0 Å². The molecule has 0 heterocycles. The van der Waals surface area contributed by atoms with Gasteiger partial charge in [-0.1, -0.05) is 35.0 Å². The van der Waals surface area contributed by atoms with E-state index in [2.05, 4.69) is 20.7 Å². The minimum absolute atomic E-state index is 0.0665. The highest BCUT2D eigenvalue weighted by atomic mass is 79.9. The van der Waals surface area contributed by atoms with Crippen LogP contribution in [-0.2, 0) is 14.3 Å². The second-order valence-electron chi connectivity index (χ2n) is 4.96. The zero-order valence-corrected chi connectivity index (χ0v) is 14.4. The van der Waals surface area contributed by atoms with Crippen LogP contribution in [-0.4, -0.2) is 37.0 Å². The van der Waals surface area contributed by atoms with E-state index in [1.54, 1.807) is 4.90 Å². The highest BCUT2D eigenvalue weighted by Gasteiger charge is 2.17. The van der Waals surface area contributed by atoms with Crippen molar-refractivity contribution in [3.63, 3.8) is 0 Å². The number of ether oxygens (including phenoxy) is 1. The number of rotatable bonds is 7. The van der Waals surface area contributed by atoms with Crippen molar-refractivity contribution in [2.45, 2.75) is 32.6 Å². The van der Waals surface area contributed by atoms with Crippen molar-refractivity contribution in [2.75, 3.05) is 20.2 Å². The van der Waals surface area contributed by atoms with Gasteiger partial charge in [0.15, 0.2) is 0 Å². The molecule has 0 N–H and O–H groups in total. The SMILES string of the molecule is CCN(CCC(=O)OC)C(=O)CC(C)c1ccc(Br)cc1. The molecule has 1 rings (SSSR count). The normalized spacial score (nSPS) is 11.8. The summed E-state index contributed by atoms with van der Waals surface area (Å²) in [6.07, 6.45) is 0.680. The molecule has 0 aliphatic heterocycles. The maximum absolute atomic E-state index is 12.3. The molecule has 0 spiro atoms. The molecule has 0 saturated heterocycles. The highest BCUT2D eigenvalue weighted by molar-refractivity contribution is 9.10. The van der Waals surface area contributed by atoms with Crippen LogP contribution in [0.2, 0.25) is 0 Å². The zero-order chi connectivity index (χ0) is 15.8. The van der Waals surface area contributed by atoms with Gasteiger partial charge in [0, 0.05) is 24.0 Å². The first-order valence-corrected chi connectivity index (χ1v) is 7.87. The van der Waals surface area contributed by atoms with E-state index in [1.807, 2.05) is 38.1 Å². The Kier molecular flexibility index (Phi) is 7.43. The number of benzene rings is 1. The Morgan fingerprint density at radius 2 is 1.90 bits per heavy atom. The van der Waals surface area contributed by atoms with Gasteiger partial charge in [0.2, 0.25) is 5.91 Å². The van der Waals surface area contributed by atoms with E-state index in [0.717, 1.165) is 10.0 Å². The lowest BCUT2D eigenvalue weighted by Gasteiger charge is -2.22. The summed E-state index contributed by atoms with van der Waals surface area (Å²) in [6.45, 7) is 4.96. The molecule has 1 aromatic carbocycles. The van der Waals surface area contributed by atoms with Gasteiger partial charge >= 0.3 is 5.97 Å². The molecule has 5 heteroatoms. The average Bonchev–Trinajstić information content (AvgIpc) is 2.48. The third kappa shape index (κ3) is 5.87. The molecule has 1 atom stereocenters. The van der Waals surface area contributed by atoms with Gasteiger partial charge in [-0.15, -0.1) is 0 Å². The smallest absolute Gasteiger partial charge is 0.307 e. The number of hydrogen-bond donors (Lipinski definition) is 0. The molecule has 1 unspecified atom stereocenters. The molecule has 0 aliphatic carbocycles. The first-order valence-electron chi connectivity index (χ1n) is 7.08. The number of carbonyl (C=O) groups excluding carboxylic acids is 2. The van der Waals surface area contributed by atoms with Crippen LogP contribution in [0.1, 0.15) is 38.2 Å². The quantitative estimate of drug-likeness (QED) is 0.704. The number of carbonyl (C=O) groups is 2. The third-order valence-electron chi connectivity index (χ3n) is 3.47. The zero-order valence-electron chi connectivity index (χ0n) is 12.8. The fraction of sp³-hybridized carbons (Fsp3) is 0.500. The highest BCUT2D eigenvalue weighted by Crippen LogP contribution is 2.22. The number of halogens is 1. The summed E-state index contributed by atoms with van der Waals surface area (Å²) in [6, 6.07) is 8.00. The number of amides is 1. The molecule has 0 fully saturated rings. The van der Waals surface area contributed by atoms with Gasteiger partial charge in [-0.05, 0) is 30.5 Å². The Morgan fingerprint density at radius 1 is 1.29 bits per heavy atom. The van der Waals surface area contributed by atoms with Crippen molar-refractivity contribution in [2.24, 2.45) is 0 Å². The summed E-state index contributed by atoms with van der Waals surface area (Å²) < 4.78 is 5.63. The molecular weight excluding hydrogens is 334 g/mol. The van der Waals surface area contributed by atoms with E-state index in [1.165, 1.54) is 7.11 Å². The molecular formula is C16H22BrNO3. The first kappa shape index (κ1) is 17.7. The molecule has 0 aromatic heterocycles.